The maximum atomic E-state index is 13.6. The molecule has 0 saturated heterocycles. The Bertz CT molecular complexity index is 1860. The summed E-state index contributed by atoms with van der Waals surface area (Å²) in [7, 11) is 0. The van der Waals surface area contributed by atoms with Crippen LogP contribution in [0.3, 0.4) is 0 Å². The Kier molecular flexibility index (Phi) is 7.01. The first-order valence-corrected chi connectivity index (χ1v) is 12.8. The van der Waals surface area contributed by atoms with Crippen molar-refractivity contribution in [1.82, 2.24) is 19.1 Å². The van der Waals surface area contributed by atoms with E-state index < -0.39 is 0 Å². The van der Waals surface area contributed by atoms with Gasteiger partial charge in [-0.3, -0.25) is 9.36 Å². The van der Waals surface area contributed by atoms with Crippen molar-refractivity contribution in [3.05, 3.63) is 154 Å². The number of halogens is 1. The van der Waals surface area contributed by atoms with Crippen LogP contribution in [0, 0.1) is 5.82 Å². The fourth-order valence-corrected chi connectivity index (χ4v) is 4.52. The Morgan fingerprint density at radius 3 is 2.50 bits per heavy atom. The summed E-state index contributed by atoms with van der Waals surface area (Å²) < 4.78 is 23.1. The molecule has 0 saturated carbocycles. The Labute approximate surface area is 230 Å². The van der Waals surface area contributed by atoms with Gasteiger partial charge in [0.1, 0.15) is 24.0 Å². The van der Waals surface area contributed by atoms with Crippen LogP contribution >= 0.6 is 0 Å². The van der Waals surface area contributed by atoms with E-state index in [9.17, 15) is 9.18 Å². The van der Waals surface area contributed by atoms with Crippen molar-refractivity contribution in [2.24, 2.45) is 0 Å². The number of hydrogen-bond donors (Lipinski definition) is 0. The predicted octanol–water partition coefficient (Wildman–Crippen LogP) is 6.52. The molecule has 0 amide bonds. The molecular formula is C33H25FN4O2. The van der Waals surface area contributed by atoms with Crippen LogP contribution in [0.5, 0.6) is 5.75 Å². The molecule has 3 aromatic carbocycles. The molecule has 0 N–H and O–H groups in total. The van der Waals surface area contributed by atoms with Gasteiger partial charge in [0.25, 0.3) is 5.56 Å². The molecule has 0 spiro atoms. The molecular weight excluding hydrogens is 503 g/mol. The third-order valence-corrected chi connectivity index (χ3v) is 6.55. The normalized spacial score (nSPS) is 11.3. The average molecular weight is 529 g/mol. The number of hydrogen-bond acceptors (Lipinski definition) is 4. The maximum Gasteiger partial charge on any atom is 0.256 e. The molecule has 0 radical (unpaired) electrons. The molecule has 6 rings (SSSR count). The van der Waals surface area contributed by atoms with E-state index in [1.54, 1.807) is 41.5 Å². The SMILES string of the molecule is O=c1ccc2ccc(OCc3ccccc3)cc2n1-c1ccc(/C=C/c2cncn2Cc2cccc(F)c2)cn1. The lowest BCUT2D eigenvalue weighted by atomic mass is 10.2. The second kappa shape index (κ2) is 11.2. The number of fused-ring (bicyclic) bond motifs is 1. The van der Waals surface area contributed by atoms with Crippen LogP contribution in [0.15, 0.2) is 121 Å². The first kappa shape index (κ1) is 25.0. The lowest BCUT2D eigenvalue weighted by molar-refractivity contribution is 0.306. The Morgan fingerprint density at radius 2 is 1.68 bits per heavy atom. The topological polar surface area (TPSA) is 61.9 Å². The number of pyridine rings is 2. The summed E-state index contributed by atoms with van der Waals surface area (Å²) in [6.45, 7) is 0.944. The molecule has 3 aromatic heterocycles. The molecule has 196 valence electrons. The first-order chi connectivity index (χ1) is 19.6. The largest absolute Gasteiger partial charge is 0.489 e. The highest BCUT2D eigenvalue weighted by Crippen LogP contribution is 2.23. The minimum atomic E-state index is -0.262. The fourth-order valence-electron chi connectivity index (χ4n) is 4.52. The van der Waals surface area contributed by atoms with Gasteiger partial charge < -0.3 is 9.30 Å². The maximum absolute atomic E-state index is 13.6. The zero-order valence-corrected chi connectivity index (χ0v) is 21.5. The van der Waals surface area contributed by atoms with Crippen LogP contribution in [0.1, 0.15) is 22.4 Å². The van der Waals surface area contributed by atoms with Gasteiger partial charge in [-0.25, -0.2) is 14.4 Å². The zero-order valence-electron chi connectivity index (χ0n) is 21.5. The Balaban J connectivity index is 1.23. The first-order valence-electron chi connectivity index (χ1n) is 12.8. The highest BCUT2D eigenvalue weighted by atomic mass is 19.1. The summed E-state index contributed by atoms with van der Waals surface area (Å²) in [5.41, 5.74) is 4.20. The number of ether oxygens (including phenoxy) is 1. The van der Waals surface area contributed by atoms with Crippen molar-refractivity contribution in [2.45, 2.75) is 13.2 Å². The lowest BCUT2D eigenvalue weighted by Crippen LogP contribution is -2.18. The summed E-state index contributed by atoms with van der Waals surface area (Å²) in [6, 6.07) is 29.3. The molecule has 0 aliphatic heterocycles. The van der Waals surface area contributed by atoms with E-state index in [0.717, 1.165) is 33.3 Å². The summed E-state index contributed by atoms with van der Waals surface area (Å²) in [6.07, 6.45) is 9.06. The van der Waals surface area contributed by atoms with Crippen LogP contribution in [-0.4, -0.2) is 19.1 Å². The van der Waals surface area contributed by atoms with Crippen molar-refractivity contribution in [1.29, 1.82) is 0 Å². The monoisotopic (exact) mass is 528 g/mol. The van der Waals surface area contributed by atoms with E-state index in [1.807, 2.05) is 83.4 Å². The number of imidazole rings is 1. The minimum Gasteiger partial charge on any atom is -0.489 e. The van der Waals surface area contributed by atoms with Crippen LogP contribution < -0.4 is 10.3 Å². The van der Waals surface area contributed by atoms with Crippen LogP contribution in [0.25, 0.3) is 28.9 Å². The van der Waals surface area contributed by atoms with Gasteiger partial charge in [0.15, 0.2) is 0 Å². The number of aromatic nitrogens is 4. The van der Waals surface area contributed by atoms with Crippen LogP contribution in [-0.2, 0) is 13.2 Å². The highest BCUT2D eigenvalue weighted by Gasteiger charge is 2.09. The second-order valence-electron chi connectivity index (χ2n) is 9.36. The fraction of sp³-hybridized carbons (Fsp3) is 0.0606. The lowest BCUT2D eigenvalue weighted by Gasteiger charge is -2.12. The molecule has 6 aromatic rings. The summed E-state index contributed by atoms with van der Waals surface area (Å²) in [5.74, 6) is 0.927. The van der Waals surface area contributed by atoms with E-state index in [2.05, 4.69) is 9.97 Å². The smallest absolute Gasteiger partial charge is 0.256 e. The third kappa shape index (κ3) is 5.59. The minimum absolute atomic E-state index is 0.176. The van der Waals surface area contributed by atoms with Gasteiger partial charge in [0, 0.05) is 24.9 Å². The Hall–Kier alpha value is -5.30. The third-order valence-electron chi connectivity index (χ3n) is 6.55. The average Bonchev–Trinajstić information content (AvgIpc) is 3.42. The van der Waals surface area contributed by atoms with Crippen molar-refractivity contribution < 1.29 is 9.13 Å². The van der Waals surface area contributed by atoms with Crippen molar-refractivity contribution in [2.75, 3.05) is 0 Å². The molecule has 6 nitrogen and oxygen atoms in total. The molecule has 40 heavy (non-hydrogen) atoms. The second-order valence-corrected chi connectivity index (χ2v) is 9.36. The van der Waals surface area contributed by atoms with Gasteiger partial charge in [0.05, 0.1) is 23.7 Å². The van der Waals surface area contributed by atoms with Gasteiger partial charge in [-0.1, -0.05) is 48.5 Å². The van der Waals surface area contributed by atoms with Crippen molar-refractivity contribution >= 4 is 23.1 Å². The molecule has 0 fully saturated rings. The van der Waals surface area contributed by atoms with Gasteiger partial charge in [-0.2, -0.15) is 0 Å². The molecule has 0 atom stereocenters. The van der Waals surface area contributed by atoms with Crippen LogP contribution in [0.4, 0.5) is 4.39 Å². The van der Waals surface area contributed by atoms with Crippen LogP contribution in [0.2, 0.25) is 0 Å². The molecule has 0 aliphatic rings. The van der Waals surface area contributed by atoms with Crippen molar-refractivity contribution in [3.8, 4) is 11.6 Å². The van der Waals surface area contributed by atoms with Gasteiger partial charge in [0.2, 0.25) is 0 Å². The van der Waals surface area contributed by atoms with E-state index in [0.29, 0.717) is 24.7 Å². The highest BCUT2D eigenvalue weighted by molar-refractivity contribution is 5.82. The van der Waals surface area contributed by atoms with Crippen molar-refractivity contribution in [3.63, 3.8) is 0 Å². The summed E-state index contributed by atoms with van der Waals surface area (Å²) in [4.78, 5) is 21.8. The molecule has 0 unspecified atom stereocenters. The van der Waals surface area contributed by atoms with E-state index >= 15 is 0 Å². The quantitative estimate of drug-likeness (QED) is 0.226. The number of nitrogens with zero attached hydrogens (tertiary/aromatic N) is 4. The zero-order chi connectivity index (χ0) is 27.3. The predicted molar refractivity (Wildman–Crippen MR) is 155 cm³/mol. The van der Waals surface area contributed by atoms with Gasteiger partial charge in [-0.05, 0) is 70.6 Å². The van der Waals surface area contributed by atoms with E-state index in [1.165, 1.54) is 12.1 Å². The van der Waals surface area contributed by atoms with E-state index in [4.69, 9.17) is 4.74 Å². The number of benzene rings is 3. The standard InChI is InChI=1S/C33H25FN4O2/c34-28-8-4-7-26(17-28)21-37-23-35-20-29(37)13-9-24-10-15-32(36-19-24)38-31-18-30(14-11-27(31)12-16-33(38)39)40-22-25-5-2-1-3-6-25/h1-20,23H,21-22H2/b13-9+. The number of rotatable bonds is 8. The van der Waals surface area contributed by atoms with E-state index in [-0.39, 0.29) is 11.4 Å². The van der Waals surface area contributed by atoms with Gasteiger partial charge >= 0.3 is 0 Å². The summed E-state index contributed by atoms with van der Waals surface area (Å²) >= 11 is 0. The molecule has 0 aliphatic carbocycles. The summed E-state index contributed by atoms with van der Waals surface area (Å²) in [5, 5.41) is 0.906. The molecule has 0 bridgehead atoms. The van der Waals surface area contributed by atoms with Gasteiger partial charge in [-0.15, -0.1) is 0 Å². The molecule has 3 heterocycles. The Morgan fingerprint density at radius 1 is 0.825 bits per heavy atom. The molecule has 7 heteroatoms.